The lowest BCUT2D eigenvalue weighted by atomic mass is 10.1. The van der Waals surface area contributed by atoms with Gasteiger partial charge < -0.3 is 19.4 Å². The number of nitrogens with zero attached hydrogens (tertiary/aromatic N) is 3. The number of nitrogens with one attached hydrogen (secondary N) is 1. The Balaban J connectivity index is 1.35. The van der Waals surface area contributed by atoms with E-state index < -0.39 is 5.92 Å². The Bertz CT molecular complexity index is 1140. The van der Waals surface area contributed by atoms with Crippen LogP contribution in [-0.2, 0) is 16.1 Å². The fraction of sp³-hybridized carbons (Fsp3) is 0.273. The predicted molar refractivity (Wildman–Crippen MR) is 113 cm³/mol. The van der Waals surface area contributed by atoms with Gasteiger partial charge in [0.15, 0.2) is 5.76 Å². The van der Waals surface area contributed by atoms with Crippen LogP contribution in [0, 0.1) is 5.92 Å². The molecule has 9 nitrogen and oxygen atoms in total. The number of hydrogen-bond donors (Lipinski definition) is 1. The summed E-state index contributed by atoms with van der Waals surface area (Å²) in [4.78, 5) is 38.7. The minimum Gasteiger partial charge on any atom is -0.497 e. The summed E-state index contributed by atoms with van der Waals surface area (Å²) < 4.78 is 11.8. The Morgan fingerprint density at radius 1 is 1.23 bits per heavy atom. The van der Waals surface area contributed by atoms with E-state index in [0.29, 0.717) is 29.4 Å². The lowest BCUT2D eigenvalue weighted by molar-refractivity contribution is -0.126. The maximum atomic E-state index is 12.6. The van der Waals surface area contributed by atoms with Crippen molar-refractivity contribution in [2.75, 3.05) is 25.1 Å². The summed E-state index contributed by atoms with van der Waals surface area (Å²) in [6.45, 7) is 0.723. The van der Waals surface area contributed by atoms with E-state index >= 15 is 0 Å². The van der Waals surface area contributed by atoms with Crippen LogP contribution < -0.4 is 20.5 Å². The van der Waals surface area contributed by atoms with E-state index in [1.54, 1.807) is 48.4 Å². The Morgan fingerprint density at radius 2 is 2.10 bits per heavy atom. The van der Waals surface area contributed by atoms with Crippen LogP contribution in [-0.4, -0.2) is 41.8 Å². The van der Waals surface area contributed by atoms with Gasteiger partial charge in [0.1, 0.15) is 11.4 Å². The Kier molecular flexibility index (Phi) is 5.83. The molecule has 1 aliphatic heterocycles. The smallest absolute Gasteiger partial charge is 0.266 e. The minimum absolute atomic E-state index is 0.113. The summed E-state index contributed by atoms with van der Waals surface area (Å²) in [6, 6.07) is 13.7. The topological polar surface area (TPSA) is 107 Å². The average molecular weight is 422 g/mol. The molecule has 9 heteroatoms. The van der Waals surface area contributed by atoms with Crippen molar-refractivity contribution in [3.63, 3.8) is 0 Å². The summed E-state index contributed by atoms with van der Waals surface area (Å²) in [5.41, 5.74) is 0.959. The van der Waals surface area contributed by atoms with E-state index in [9.17, 15) is 14.4 Å². The summed E-state index contributed by atoms with van der Waals surface area (Å²) in [7, 11) is 1.56. The van der Waals surface area contributed by atoms with Crippen LogP contribution in [0.2, 0.25) is 0 Å². The van der Waals surface area contributed by atoms with Crippen molar-refractivity contribution in [2.24, 2.45) is 5.92 Å². The van der Waals surface area contributed by atoms with Gasteiger partial charge in [-0.25, -0.2) is 4.68 Å². The van der Waals surface area contributed by atoms with Crippen molar-refractivity contribution < 1.29 is 18.7 Å². The quantitative estimate of drug-likeness (QED) is 0.621. The molecule has 160 valence electrons. The number of furan rings is 1. The molecule has 1 unspecified atom stereocenters. The standard InChI is InChI=1S/C22H22N4O5/c1-30-17-5-2-4-16(13-17)25-14-15(12-21(25)28)22(29)23-9-10-26-20(27)8-7-18(24-26)19-6-3-11-31-19/h2-8,11,13,15H,9-10,12,14H2,1H3,(H,23,29). The first-order valence-electron chi connectivity index (χ1n) is 9.89. The van der Waals surface area contributed by atoms with Crippen molar-refractivity contribution in [3.8, 4) is 17.2 Å². The van der Waals surface area contributed by atoms with Gasteiger partial charge in [-0.05, 0) is 30.3 Å². The van der Waals surface area contributed by atoms with Gasteiger partial charge in [0, 0.05) is 37.3 Å². The largest absolute Gasteiger partial charge is 0.497 e. The lowest BCUT2D eigenvalue weighted by Crippen LogP contribution is -2.36. The fourth-order valence-corrected chi connectivity index (χ4v) is 3.51. The molecule has 1 atom stereocenters. The van der Waals surface area contributed by atoms with Gasteiger partial charge in [0.25, 0.3) is 5.56 Å². The second-order valence-electron chi connectivity index (χ2n) is 7.16. The van der Waals surface area contributed by atoms with Crippen LogP contribution in [0.4, 0.5) is 5.69 Å². The Morgan fingerprint density at radius 3 is 2.87 bits per heavy atom. The van der Waals surface area contributed by atoms with Crippen LogP contribution in [0.1, 0.15) is 6.42 Å². The molecule has 1 fully saturated rings. The number of methoxy groups -OCH3 is 1. The minimum atomic E-state index is -0.460. The highest BCUT2D eigenvalue weighted by molar-refractivity contribution is 6.00. The van der Waals surface area contributed by atoms with Crippen LogP contribution >= 0.6 is 0 Å². The molecule has 3 heterocycles. The monoisotopic (exact) mass is 422 g/mol. The molecule has 0 saturated carbocycles. The molecular formula is C22H22N4O5. The van der Waals surface area contributed by atoms with Gasteiger partial charge in [-0.3, -0.25) is 14.4 Å². The molecule has 4 rings (SSSR count). The molecule has 1 aromatic carbocycles. The van der Waals surface area contributed by atoms with Crippen molar-refractivity contribution in [2.45, 2.75) is 13.0 Å². The van der Waals surface area contributed by atoms with Gasteiger partial charge >= 0.3 is 0 Å². The summed E-state index contributed by atoms with van der Waals surface area (Å²) >= 11 is 0. The van der Waals surface area contributed by atoms with E-state index in [1.807, 2.05) is 6.07 Å². The Hall–Kier alpha value is -3.88. The second kappa shape index (κ2) is 8.86. The van der Waals surface area contributed by atoms with Crippen LogP contribution in [0.15, 0.2) is 64.0 Å². The molecule has 1 aliphatic rings. The molecule has 0 spiro atoms. The first-order chi connectivity index (χ1) is 15.0. The SMILES string of the molecule is COc1cccc(N2CC(C(=O)NCCn3nc(-c4ccco4)ccc3=O)CC2=O)c1. The van der Waals surface area contributed by atoms with E-state index in [0.717, 1.165) is 0 Å². The van der Waals surface area contributed by atoms with Crippen molar-refractivity contribution in [1.29, 1.82) is 0 Å². The van der Waals surface area contributed by atoms with E-state index in [1.165, 1.54) is 17.0 Å². The number of benzene rings is 1. The van der Waals surface area contributed by atoms with E-state index in [4.69, 9.17) is 9.15 Å². The van der Waals surface area contributed by atoms with Gasteiger partial charge in [-0.15, -0.1) is 0 Å². The van der Waals surface area contributed by atoms with Gasteiger partial charge in [-0.1, -0.05) is 6.07 Å². The number of hydrogen-bond acceptors (Lipinski definition) is 6. The molecule has 0 aliphatic carbocycles. The van der Waals surface area contributed by atoms with Crippen LogP contribution in [0.5, 0.6) is 5.75 Å². The Labute approximate surface area is 178 Å². The molecule has 0 radical (unpaired) electrons. The number of carbonyl (C=O) groups is 2. The third-order valence-corrected chi connectivity index (χ3v) is 5.12. The molecule has 1 N–H and O–H groups in total. The molecule has 2 amide bonds. The maximum absolute atomic E-state index is 12.6. The van der Waals surface area contributed by atoms with Crippen LogP contribution in [0.3, 0.4) is 0 Å². The number of amides is 2. The number of anilines is 1. The third kappa shape index (κ3) is 4.50. The van der Waals surface area contributed by atoms with E-state index in [2.05, 4.69) is 10.4 Å². The lowest BCUT2D eigenvalue weighted by Gasteiger charge is -2.17. The van der Waals surface area contributed by atoms with Crippen molar-refractivity contribution in [1.82, 2.24) is 15.1 Å². The zero-order chi connectivity index (χ0) is 21.8. The number of ether oxygens (including phenoxy) is 1. The first-order valence-corrected chi connectivity index (χ1v) is 9.89. The fourth-order valence-electron chi connectivity index (χ4n) is 3.51. The zero-order valence-corrected chi connectivity index (χ0v) is 17.0. The highest BCUT2D eigenvalue weighted by Crippen LogP contribution is 2.27. The normalized spacial score (nSPS) is 15.8. The molecule has 1 saturated heterocycles. The molecule has 2 aromatic heterocycles. The highest BCUT2D eigenvalue weighted by Gasteiger charge is 2.35. The van der Waals surface area contributed by atoms with Gasteiger partial charge in [-0.2, -0.15) is 5.10 Å². The van der Waals surface area contributed by atoms with Gasteiger partial charge in [0.05, 0.1) is 25.8 Å². The zero-order valence-electron chi connectivity index (χ0n) is 17.0. The number of carbonyl (C=O) groups excluding carboxylic acids is 2. The molecule has 31 heavy (non-hydrogen) atoms. The summed E-state index contributed by atoms with van der Waals surface area (Å²) in [5.74, 6) is 0.400. The molecule has 3 aromatic rings. The van der Waals surface area contributed by atoms with E-state index in [-0.39, 0.29) is 36.9 Å². The second-order valence-corrected chi connectivity index (χ2v) is 7.16. The summed E-state index contributed by atoms with van der Waals surface area (Å²) in [6.07, 6.45) is 1.67. The van der Waals surface area contributed by atoms with Crippen molar-refractivity contribution in [3.05, 3.63) is 65.1 Å². The van der Waals surface area contributed by atoms with Crippen LogP contribution in [0.25, 0.3) is 11.5 Å². The number of aromatic nitrogens is 2. The average Bonchev–Trinajstić information content (AvgIpc) is 3.45. The maximum Gasteiger partial charge on any atom is 0.266 e. The molecule has 0 bridgehead atoms. The summed E-state index contributed by atoms with van der Waals surface area (Å²) in [5, 5.41) is 7.08. The highest BCUT2D eigenvalue weighted by atomic mass is 16.5. The van der Waals surface area contributed by atoms with Gasteiger partial charge in [0.2, 0.25) is 11.8 Å². The predicted octanol–water partition coefficient (Wildman–Crippen LogP) is 1.68. The number of rotatable bonds is 7. The van der Waals surface area contributed by atoms with Crippen molar-refractivity contribution >= 4 is 17.5 Å². The first kappa shape index (κ1) is 20.4. The molecular weight excluding hydrogens is 400 g/mol. The third-order valence-electron chi connectivity index (χ3n) is 5.12.